The molecule has 0 radical (unpaired) electrons. The van der Waals surface area contributed by atoms with E-state index in [0.29, 0.717) is 6.42 Å². The van der Waals surface area contributed by atoms with Crippen LogP contribution in [0.25, 0.3) is 0 Å². The lowest BCUT2D eigenvalue weighted by atomic mass is 10.1. The lowest BCUT2D eigenvalue weighted by Gasteiger charge is -2.16. The van der Waals surface area contributed by atoms with Crippen LogP contribution in [0.5, 0.6) is 0 Å². The number of aromatic nitrogens is 2. The first-order chi connectivity index (χ1) is 13.4. The van der Waals surface area contributed by atoms with Crippen LogP contribution in [0.1, 0.15) is 70.9 Å². The van der Waals surface area contributed by atoms with Gasteiger partial charge in [-0.1, -0.05) is 45.4 Å². The Labute approximate surface area is 162 Å². The van der Waals surface area contributed by atoms with Crippen molar-refractivity contribution >= 4 is 5.97 Å². The third-order valence-corrected chi connectivity index (χ3v) is 4.83. The molecule has 0 bridgehead atoms. The zero-order chi connectivity index (χ0) is 20.5. The molecule has 0 unspecified atom stereocenters. The summed E-state index contributed by atoms with van der Waals surface area (Å²) < 4.78 is 24.9. The van der Waals surface area contributed by atoms with E-state index in [-0.39, 0.29) is 19.0 Å². The summed E-state index contributed by atoms with van der Waals surface area (Å²) in [6.45, 7) is 2.02. The summed E-state index contributed by atoms with van der Waals surface area (Å²) >= 11 is 0. The van der Waals surface area contributed by atoms with Gasteiger partial charge in [0.25, 0.3) is 5.56 Å². The highest BCUT2D eigenvalue weighted by Gasteiger charge is 2.36. The number of aliphatic hydroxyl groups is 1. The molecule has 2 heterocycles. The van der Waals surface area contributed by atoms with Crippen molar-refractivity contribution in [2.24, 2.45) is 0 Å². The van der Waals surface area contributed by atoms with Crippen molar-refractivity contribution in [3.8, 4) is 0 Å². The number of H-pyrrole nitrogens is 1. The van der Waals surface area contributed by atoms with Crippen LogP contribution in [0, 0.1) is 5.82 Å². The van der Waals surface area contributed by atoms with Crippen LogP contribution in [0.4, 0.5) is 4.39 Å². The number of aliphatic hydroxyl groups excluding tert-OH is 1. The fraction of sp³-hybridized carbons (Fsp3) is 0.737. The summed E-state index contributed by atoms with van der Waals surface area (Å²) in [7, 11) is 0. The third-order valence-electron chi connectivity index (χ3n) is 4.83. The van der Waals surface area contributed by atoms with Crippen LogP contribution in [-0.2, 0) is 14.3 Å². The van der Waals surface area contributed by atoms with Gasteiger partial charge in [-0.05, 0) is 6.42 Å². The molecule has 1 saturated heterocycles. The van der Waals surface area contributed by atoms with E-state index in [9.17, 15) is 23.9 Å². The molecule has 0 spiro atoms. The van der Waals surface area contributed by atoms with Crippen molar-refractivity contribution in [2.75, 3.05) is 6.61 Å². The molecule has 1 fully saturated rings. The Morgan fingerprint density at radius 3 is 2.68 bits per heavy atom. The van der Waals surface area contributed by atoms with E-state index >= 15 is 0 Å². The smallest absolute Gasteiger partial charge is 0.330 e. The van der Waals surface area contributed by atoms with E-state index < -0.39 is 35.5 Å². The predicted octanol–water partition coefficient (Wildman–Crippen LogP) is 2.01. The summed E-state index contributed by atoms with van der Waals surface area (Å²) in [5.41, 5.74) is -1.95. The Kier molecular flexibility index (Phi) is 8.85. The average Bonchev–Trinajstić information content (AvgIpc) is 3.02. The van der Waals surface area contributed by atoms with E-state index in [1.54, 1.807) is 0 Å². The molecule has 2 N–H and O–H groups in total. The molecule has 8 nitrogen and oxygen atoms in total. The van der Waals surface area contributed by atoms with Gasteiger partial charge in [0, 0.05) is 12.8 Å². The Balaban J connectivity index is 1.72. The summed E-state index contributed by atoms with van der Waals surface area (Å²) in [5.74, 6) is -1.48. The highest BCUT2D eigenvalue weighted by atomic mass is 19.1. The van der Waals surface area contributed by atoms with Gasteiger partial charge in [0.1, 0.15) is 18.9 Å². The number of nitrogens with zero attached hydrogens (tertiary/aromatic N) is 1. The molecular formula is C19H29FN2O6. The number of carbonyl (C=O) groups is 1. The molecular weight excluding hydrogens is 371 g/mol. The van der Waals surface area contributed by atoms with E-state index in [1.165, 1.54) is 25.7 Å². The first-order valence-corrected chi connectivity index (χ1v) is 9.92. The van der Waals surface area contributed by atoms with Crippen LogP contribution >= 0.6 is 0 Å². The monoisotopic (exact) mass is 400 g/mol. The van der Waals surface area contributed by atoms with Crippen LogP contribution in [0.15, 0.2) is 15.8 Å². The molecule has 9 heteroatoms. The van der Waals surface area contributed by atoms with Gasteiger partial charge in [0.2, 0.25) is 5.82 Å². The SMILES string of the molecule is CCCCCCCCCC(=O)OC[C@H]1O[C@@H](n2cc(F)c(=O)[nH]c2=O)C[C@@H]1O. The number of halogens is 1. The molecule has 0 aromatic carbocycles. The minimum Gasteiger partial charge on any atom is -0.463 e. The van der Waals surface area contributed by atoms with Gasteiger partial charge in [-0.2, -0.15) is 4.39 Å². The molecule has 1 aliphatic rings. The van der Waals surface area contributed by atoms with Crippen LogP contribution < -0.4 is 11.2 Å². The zero-order valence-corrected chi connectivity index (χ0v) is 16.2. The Morgan fingerprint density at radius 2 is 1.96 bits per heavy atom. The van der Waals surface area contributed by atoms with Crippen molar-refractivity contribution < 1.29 is 23.8 Å². The number of aromatic amines is 1. The maximum atomic E-state index is 13.4. The molecule has 28 heavy (non-hydrogen) atoms. The lowest BCUT2D eigenvalue weighted by molar-refractivity contribution is -0.150. The number of ether oxygens (including phenoxy) is 2. The molecule has 1 aromatic heterocycles. The second-order valence-electron chi connectivity index (χ2n) is 7.13. The summed E-state index contributed by atoms with van der Waals surface area (Å²) in [6.07, 6.45) is 6.02. The highest BCUT2D eigenvalue weighted by molar-refractivity contribution is 5.69. The number of carbonyl (C=O) groups excluding carboxylic acids is 1. The lowest BCUT2D eigenvalue weighted by Crippen LogP contribution is -2.34. The Bertz CT molecular complexity index is 747. The fourth-order valence-electron chi connectivity index (χ4n) is 3.18. The fourth-order valence-corrected chi connectivity index (χ4v) is 3.18. The summed E-state index contributed by atoms with van der Waals surface area (Å²) in [6, 6.07) is 0. The van der Waals surface area contributed by atoms with E-state index in [1.807, 2.05) is 4.98 Å². The molecule has 158 valence electrons. The minimum absolute atomic E-state index is 0.0192. The first kappa shape index (κ1) is 22.3. The predicted molar refractivity (Wildman–Crippen MR) is 99.4 cm³/mol. The number of rotatable bonds is 11. The standard InChI is InChI=1S/C19H29FN2O6/c1-2-3-4-5-6-7-8-9-17(24)27-12-15-14(23)10-16(28-15)22-11-13(20)18(25)21-19(22)26/h11,14-16,23H,2-10,12H2,1H3,(H,21,25,26)/t14-,15+,16+/m0/s1. The maximum absolute atomic E-state index is 13.4. The van der Waals surface area contributed by atoms with Gasteiger partial charge in [0.15, 0.2) is 0 Å². The molecule has 0 saturated carbocycles. The van der Waals surface area contributed by atoms with E-state index in [0.717, 1.165) is 30.0 Å². The van der Waals surface area contributed by atoms with Gasteiger partial charge in [0.05, 0.1) is 12.3 Å². The second-order valence-corrected chi connectivity index (χ2v) is 7.13. The zero-order valence-electron chi connectivity index (χ0n) is 16.2. The highest BCUT2D eigenvalue weighted by Crippen LogP contribution is 2.27. The van der Waals surface area contributed by atoms with Crippen molar-refractivity contribution in [3.63, 3.8) is 0 Å². The molecule has 1 aliphatic heterocycles. The largest absolute Gasteiger partial charge is 0.463 e. The van der Waals surface area contributed by atoms with Gasteiger partial charge < -0.3 is 14.6 Å². The Morgan fingerprint density at radius 1 is 1.29 bits per heavy atom. The van der Waals surface area contributed by atoms with Crippen molar-refractivity contribution in [1.29, 1.82) is 0 Å². The van der Waals surface area contributed by atoms with Crippen LogP contribution in [0.2, 0.25) is 0 Å². The number of nitrogens with one attached hydrogen (secondary N) is 1. The number of hydrogen-bond donors (Lipinski definition) is 2. The normalized spacial score (nSPS) is 21.8. The average molecular weight is 400 g/mol. The first-order valence-electron chi connectivity index (χ1n) is 9.92. The van der Waals surface area contributed by atoms with Gasteiger partial charge >= 0.3 is 11.7 Å². The van der Waals surface area contributed by atoms with Crippen molar-refractivity contribution in [2.45, 2.75) is 83.1 Å². The molecule has 2 rings (SSSR count). The third kappa shape index (κ3) is 6.56. The summed E-state index contributed by atoms with van der Waals surface area (Å²) in [5, 5.41) is 10.1. The second kappa shape index (κ2) is 11.1. The number of esters is 1. The minimum atomic E-state index is -1.12. The molecule has 0 aliphatic carbocycles. The Hall–Kier alpha value is -2.00. The quantitative estimate of drug-likeness (QED) is 0.434. The molecule has 3 atom stereocenters. The molecule has 0 amide bonds. The number of unbranched alkanes of at least 4 members (excludes halogenated alkanes) is 6. The summed E-state index contributed by atoms with van der Waals surface area (Å²) in [4.78, 5) is 36.5. The topological polar surface area (TPSA) is 111 Å². The van der Waals surface area contributed by atoms with Gasteiger partial charge in [-0.15, -0.1) is 0 Å². The maximum Gasteiger partial charge on any atom is 0.330 e. The van der Waals surface area contributed by atoms with Gasteiger partial charge in [-0.3, -0.25) is 19.1 Å². The van der Waals surface area contributed by atoms with Crippen LogP contribution in [-0.4, -0.2) is 39.4 Å². The van der Waals surface area contributed by atoms with Crippen molar-refractivity contribution in [3.05, 3.63) is 32.9 Å². The van der Waals surface area contributed by atoms with Crippen LogP contribution in [0.3, 0.4) is 0 Å². The van der Waals surface area contributed by atoms with E-state index in [4.69, 9.17) is 9.47 Å². The van der Waals surface area contributed by atoms with E-state index in [2.05, 4.69) is 6.92 Å². The van der Waals surface area contributed by atoms with Crippen molar-refractivity contribution in [1.82, 2.24) is 9.55 Å². The van der Waals surface area contributed by atoms with Gasteiger partial charge in [-0.25, -0.2) is 4.79 Å². The molecule has 1 aromatic rings. The number of hydrogen-bond acceptors (Lipinski definition) is 6.